The minimum absolute atomic E-state index is 0.135. The van der Waals surface area contributed by atoms with Crippen LogP contribution in [0.15, 0.2) is 0 Å². The summed E-state index contributed by atoms with van der Waals surface area (Å²) in [5.74, 6) is 0.705. The number of amides is 1. The molecule has 1 aliphatic rings. The number of hydrogen-bond donors (Lipinski definition) is 0. The summed E-state index contributed by atoms with van der Waals surface area (Å²) in [4.78, 5) is 13.8. The molecule has 0 aromatic rings. The van der Waals surface area contributed by atoms with Gasteiger partial charge in [0.15, 0.2) is 0 Å². The normalized spacial score (nSPS) is 24.7. The molecule has 0 bridgehead atoms. The first kappa shape index (κ1) is 16.3. The third-order valence-corrected chi connectivity index (χ3v) is 3.62. The molecule has 2 unspecified atom stereocenters. The van der Waals surface area contributed by atoms with Gasteiger partial charge in [-0.2, -0.15) is 0 Å². The molecular weight excluding hydrogens is 245 g/mol. The zero-order valence-corrected chi connectivity index (χ0v) is 12.7. The number of alkyl halides is 1. The summed E-state index contributed by atoms with van der Waals surface area (Å²) >= 11 is 0. The Morgan fingerprint density at radius 2 is 1.95 bits per heavy atom. The first-order valence-electron chi connectivity index (χ1n) is 7.39. The zero-order chi connectivity index (χ0) is 14.5. The first-order chi connectivity index (χ1) is 8.83. The topological polar surface area (TPSA) is 29.5 Å². The Morgan fingerprint density at radius 3 is 2.53 bits per heavy atom. The summed E-state index contributed by atoms with van der Waals surface area (Å²) in [5.41, 5.74) is -0.524. The van der Waals surface area contributed by atoms with E-state index in [2.05, 4.69) is 6.92 Å². The number of ether oxygens (including phenoxy) is 1. The van der Waals surface area contributed by atoms with Crippen LogP contribution in [0.5, 0.6) is 0 Å². The van der Waals surface area contributed by atoms with E-state index in [-0.39, 0.29) is 18.7 Å². The number of hydrogen-bond acceptors (Lipinski definition) is 2. The van der Waals surface area contributed by atoms with Gasteiger partial charge in [0.1, 0.15) is 12.3 Å². The molecule has 3 nitrogen and oxygen atoms in total. The lowest BCUT2D eigenvalue weighted by atomic mass is 10.0. The Morgan fingerprint density at radius 1 is 1.26 bits per heavy atom. The lowest BCUT2D eigenvalue weighted by Gasteiger charge is -2.32. The van der Waals surface area contributed by atoms with E-state index in [4.69, 9.17) is 4.74 Å². The van der Waals surface area contributed by atoms with Crippen LogP contribution in [0.25, 0.3) is 0 Å². The van der Waals surface area contributed by atoms with Gasteiger partial charge in [-0.1, -0.05) is 19.8 Å². The van der Waals surface area contributed by atoms with Gasteiger partial charge in [0, 0.05) is 6.04 Å². The predicted octanol–water partition coefficient (Wildman–Crippen LogP) is 4.16. The molecule has 0 saturated heterocycles. The van der Waals surface area contributed by atoms with E-state index in [9.17, 15) is 9.18 Å². The summed E-state index contributed by atoms with van der Waals surface area (Å²) in [6, 6.07) is 0.135. The molecule has 112 valence electrons. The van der Waals surface area contributed by atoms with Crippen molar-refractivity contribution in [1.29, 1.82) is 0 Å². The van der Waals surface area contributed by atoms with Crippen molar-refractivity contribution in [2.75, 3.05) is 13.2 Å². The van der Waals surface area contributed by atoms with Gasteiger partial charge in [-0.25, -0.2) is 9.18 Å². The minimum Gasteiger partial charge on any atom is -0.444 e. The molecule has 1 saturated carbocycles. The number of nitrogens with zero attached hydrogens (tertiary/aromatic N) is 1. The summed E-state index contributed by atoms with van der Waals surface area (Å²) in [5, 5.41) is 0. The Balaban J connectivity index is 2.67. The van der Waals surface area contributed by atoms with Gasteiger partial charge in [0.05, 0.1) is 6.54 Å². The van der Waals surface area contributed by atoms with Crippen LogP contribution in [0.3, 0.4) is 0 Å². The van der Waals surface area contributed by atoms with Gasteiger partial charge in [0.25, 0.3) is 0 Å². The van der Waals surface area contributed by atoms with Gasteiger partial charge in [-0.15, -0.1) is 0 Å². The number of halogens is 1. The zero-order valence-electron chi connectivity index (χ0n) is 12.7. The highest BCUT2D eigenvalue weighted by Gasteiger charge is 2.29. The van der Waals surface area contributed by atoms with E-state index in [1.54, 1.807) is 4.90 Å². The van der Waals surface area contributed by atoms with E-state index in [1.165, 1.54) is 6.42 Å². The average Bonchev–Trinajstić information content (AvgIpc) is 2.48. The lowest BCUT2D eigenvalue weighted by molar-refractivity contribution is 0.0130. The molecule has 1 rings (SSSR count). The molecular formula is C15H28FNO2. The van der Waals surface area contributed by atoms with Gasteiger partial charge >= 0.3 is 6.09 Å². The monoisotopic (exact) mass is 273 g/mol. The summed E-state index contributed by atoms with van der Waals surface area (Å²) in [6.07, 6.45) is 4.97. The molecule has 1 aliphatic carbocycles. The maximum Gasteiger partial charge on any atom is 0.410 e. The van der Waals surface area contributed by atoms with Crippen molar-refractivity contribution in [2.45, 2.75) is 71.4 Å². The summed E-state index contributed by atoms with van der Waals surface area (Å²) < 4.78 is 18.1. The quantitative estimate of drug-likeness (QED) is 0.722. The first-order valence-corrected chi connectivity index (χ1v) is 7.39. The van der Waals surface area contributed by atoms with Crippen LogP contribution in [0, 0.1) is 5.92 Å². The Labute approximate surface area is 116 Å². The van der Waals surface area contributed by atoms with Crippen LogP contribution in [0.2, 0.25) is 0 Å². The van der Waals surface area contributed by atoms with Crippen molar-refractivity contribution in [3.63, 3.8) is 0 Å². The highest BCUT2D eigenvalue weighted by Crippen LogP contribution is 2.27. The SMILES string of the molecule is CC1CCCC(N(CCF)C(=O)OC(C)(C)C)CC1. The maximum absolute atomic E-state index is 12.7. The summed E-state index contributed by atoms with van der Waals surface area (Å²) in [6.45, 7) is 7.41. The van der Waals surface area contributed by atoms with E-state index >= 15 is 0 Å². The second kappa shape index (κ2) is 7.11. The van der Waals surface area contributed by atoms with Crippen LogP contribution in [0.4, 0.5) is 9.18 Å². The standard InChI is InChI=1S/C15H28FNO2/c1-12-6-5-7-13(9-8-12)17(11-10-16)14(18)19-15(2,3)4/h12-13H,5-11H2,1-4H3. The van der Waals surface area contributed by atoms with Crippen LogP contribution in [0.1, 0.15) is 59.8 Å². The molecule has 19 heavy (non-hydrogen) atoms. The number of carbonyl (C=O) groups excluding carboxylic acids is 1. The molecule has 1 fully saturated rings. The maximum atomic E-state index is 12.7. The van der Waals surface area contributed by atoms with Crippen molar-refractivity contribution in [3.05, 3.63) is 0 Å². The van der Waals surface area contributed by atoms with Gasteiger partial charge in [-0.05, 0) is 46.0 Å². The van der Waals surface area contributed by atoms with E-state index < -0.39 is 12.3 Å². The second-order valence-corrected chi connectivity index (χ2v) is 6.63. The van der Waals surface area contributed by atoms with Crippen LogP contribution in [-0.2, 0) is 4.74 Å². The fourth-order valence-corrected chi connectivity index (χ4v) is 2.61. The fourth-order valence-electron chi connectivity index (χ4n) is 2.61. The largest absolute Gasteiger partial charge is 0.444 e. The lowest BCUT2D eigenvalue weighted by Crippen LogP contribution is -2.44. The third kappa shape index (κ3) is 5.79. The second-order valence-electron chi connectivity index (χ2n) is 6.63. The Hall–Kier alpha value is -0.800. The molecule has 0 aliphatic heterocycles. The van der Waals surface area contributed by atoms with Crippen LogP contribution < -0.4 is 0 Å². The Kier molecular flexibility index (Phi) is 6.08. The third-order valence-electron chi connectivity index (χ3n) is 3.62. The van der Waals surface area contributed by atoms with Crippen LogP contribution in [-0.4, -0.2) is 35.9 Å². The van der Waals surface area contributed by atoms with E-state index in [1.807, 2.05) is 20.8 Å². The van der Waals surface area contributed by atoms with E-state index in [0.29, 0.717) is 5.92 Å². The molecule has 4 heteroatoms. The highest BCUT2D eigenvalue weighted by molar-refractivity contribution is 5.68. The van der Waals surface area contributed by atoms with Gasteiger partial charge in [-0.3, -0.25) is 0 Å². The minimum atomic E-state index is -0.524. The van der Waals surface area contributed by atoms with Crippen molar-refractivity contribution >= 4 is 6.09 Å². The molecule has 0 aromatic carbocycles. The molecule has 0 aromatic heterocycles. The molecule has 0 spiro atoms. The molecule has 0 N–H and O–H groups in total. The van der Waals surface area contributed by atoms with Crippen molar-refractivity contribution in [3.8, 4) is 0 Å². The van der Waals surface area contributed by atoms with Gasteiger partial charge < -0.3 is 9.64 Å². The molecule has 0 radical (unpaired) electrons. The van der Waals surface area contributed by atoms with Crippen LogP contribution >= 0.6 is 0 Å². The average molecular weight is 273 g/mol. The molecule has 0 heterocycles. The molecule has 2 atom stereocenters. The van der Waals surface area contributed by atoms with Crippen molar-refractivity contribution < 1.29 is 13.9 Å². The smallest absolute Gasteiger partial charge is 0.410 e. The van der Waals surface area contributed by atoms with Gasteiger partial charge in [0.2, 0.25) is 0 Å². The fraction of sp³-hybridized carbons (Fsp3) is 0.933. The van der Waals surface area contributed by atoms with E-state index in [0.717, 1.165) is 25.7 Å². The number of rotatable bonds is 3. The predicted molar refractivity (Wildman–Crippen MR) is 75.0 cm³/mol. The molecule has 1 amide bonds. The van der Waals surface area contributed by atoms with Crippen molar-refractivity contribution in [1.82, 2.24) is 4.90 Å². The van der Waals surface area contributed by atoms with Crippen molar-refractivity contribution in [2.24, 2.45) is 5.92 Å². The highest BCUT2D eigenvalue weighted by atomic mass is 19.1. The number of carbonyl (C=O) groups is 1. The summed E-state index contributed by atoms with van der Waals surface area (Å²) in [7, 11) is 0. The Bertz CT molecular complexity index is 288.